The van der Waals surface area contributed by atoms with Crippen LogP contribution < -0.4 is 30.2 Å². The molecule has 0 radical (unpaired) electrons. The Labute approximate surface area is 456 Å². The summed E-state index contributed by atoms with van der Waals surface area (Å²) in [6, 6.07) is 78.4. The van der Waals surface area contributed by atoms with Crippen molar-refractivity contribution in [2.75, 3.05) is 9.80 Å². The minimum absolute atomic E-state index is 0.0921. The van der Waals surface area contributed by atoms with Crippen LogP contribution in [0.4, 0.5) is 34.1 Å². The molecule has 0 spiro atoms. The predicted molar refractivity (Wildman–Crippen MR) is 323 cm³/mol. The lowest BCUT2D eigenvalue weighted by molar-refractivity contribution is 0.360. The van der Waals surface area contributed by atoms with E-state index in [4.69, 9.17) is 9.47 Å². The van der Waals surface area contributed by atoms with Gasteiger partial charge in [-0.3, -0.25) is 0 Å². The molecule has 10 aromatic carbocycles. The molecule has 5 nitrogen and oxygen atoms in total. The number of benzene rings is 10. The normalized spacial score (nSPS) is 15.0. The van der Waals surface area contributed by atoms with Crippen molar-refractivity contribution >= 4 is 62.8 Å². The van der Waals surface area contributed by atoms with E-state index in [0.717, 1.165) is 33.9 Å². The lowest BCUT2D eigenvalue weighted by Crippen LogP contribution is -2.58. The van der Waals surface area contributed by atoms with Crippen LogP contribution in [0, 0.1) is 0 Å². The van der Waals surface area contributed by atoms with Gasteiger partial charge in [0.1, 0.15) is 0 Å². The first-order valence-corrected chi connectivity index (χ1v) is 27.5. The Kier molecular flexibility index (Phi) is 9.16. The van der Waals surface area contributed by atoms with Gasteiger partial charge in [0.2, 0.25) is 0 Å². The van der Waals surface area contributed by atoms with Crippen LogP contribution >= 0.6 is 0 Å². The van der Waals surface area contributed by atoms with Crippen molar-refractivity contribution in [3.63, 3.8) is 0 Å². The van der Waals surface area contributed by atoms with Gasteiger partial charge in [0, 0.05) is 72.9 Å². The molecule has 0 amide bonds. The number of aromatic nitrogens is 1. The van der Waals surface area contributed by atoms with Gasteiger partial charge in [0.25, 0.3) is 0 Å². The Bertz CT molecular complexity index is 4340. The van der Waals surface area contributed by atoms with Crippen LogP contribution in [-0.2, 0) is 16.2 Å². The lowest BCUT2D eigenvalue weighted by Gasteiger charge is -2.45. The summed E-state index contributed by atoms with van der Waals surface area (Å²) in [7, 11) is 0. The van der Waals surface area contributed by atoms with Crippen molar-refractivity contribution < 1.29 is 9.47 Å². The van der Waals surface area contributed by atoms with Crippen molar-refractivity contribution in [1.82, 2.24) is 4.48 Å². The number of fused-ring (bicyclic) bond motifs is 15. The molecule has 1 aromatic heterocycles. The molecular formula is C72H56BN3O2. The second-order valence-electron chi connectivity index (χ2n) is 24.0. The van der Waals surface area contributed by atoms with E-state index in [-0.39, 0.29) is 23.1 Å². The molecule has 374 valence electrons. The first-order chi connectivity index (χ1) is 37.9. The molecule has 6 heteroatoms. The third kappa shape index (κ3) is 6.03. The predicted octanol–water partition coefficient (Wildman–Crippen LogP) is 18.0. The third-order valence-corrected chi connectivity index (χ3v) is 17.9. The molecule has 0 unspecified atom stereocenters. The molecule has 0 fully saturated rings. The molecular weight excluding hydrogens is 950 g/mol. The van der Waals surface area contributed by atoms with Crippen LogP contribution in [-0.4, -0.2) is 11.3 Å². The van der Waals surface area contributed by atoms with E-state index in [1.807, 2.05) is 24.3 Å². The quantitative estimate of drug-likeness (QED) is 0.161. The highest BCUT2D eigenvalue weighted by molar-refractivity contribution is 6.90. The molecule has 0 N–H and O–H groups in total. The van der Waals surface area contributed by atoms with Crippen molar-refractivity contribution in [2.24, 2.45) is 0 Å². The molecule has 0 atom stereocenters. The summed E-state index contributed by atoms with van der Waals surface area (Å²) in [4.78, 5) is 5.12. The number of para-hydroxylation sites is 4. The molecule has 11 aromatic rings. The smallest absolute Gasteiger partial charge is 0.333 e. The molecule has 78 heavy (non-hydrogen) atoms. The Morgan fingerprint density at radius 1 is 0.474 bits per heavy atom. The Morgan fingerprint density at radius 3 is 1.73 bits per heavy atom. The maximum atomic E-state index is 7.01. The van der Waals surface area contributed by atoms with Gasteiger partial charge in [-0.1, -0.05) is 188 Å². The molecule has 5 aliphatic rings. The minimum atomic E-state index is -0.388. The summed E-state index contributed by atoms with van der Waals surface area (Å²) in [5.74, 6) is 2.82. The van der Waals surface area contributed by atoms with E-state index in [9.17, 15) is 0 Å². The standard InChI is InChI=1S/C72H56BN3O2/c1-70(2,3)44-35-37-56(50(39-44)43-23-11-8-12-24-43)75-58-42-62-61(77-59-33-21-22-34-60(59)78-62)41-55(58)73-66-52(40-51-47-29-17-19-31-53(47)71(4,5)65(51)68(66)75)48-36-38-57(74(45-25-13-9-14-26-45)46-27-15-10-16-28-46)64-63-49-30-18-20-32-54(49)72(6,7)69(63)76(73)67(48)64/h8-42H,1-7H3. The van der Waals surface area contributed by atoms with Gasteiger partial charge in [0.15, 0.2) is 23.0 Å². The van der Waals surface area contributed by atoms with Gasteiger partial charge in [-0.2, -0.15) is 0 Å². The monoisotopic (exact) mass is 1010 g/mol. The van der Waals surface area contributed by atoms with Gasteiger partial charge < -0.3 is 23.8 Å². The highest BCUT2D eigenvalue weighted by Gasteiger charge is 2.53. The number of rotatable bonds is 5. The SMILES string of the molecule is CC(C)(C)c1ccc(N2c3cc4c(cc3B3c5c(cc6c(c52)C(C)(C)c2ccccc2-6)-c2ccc(N(c5ccccc5)c5ccccc5)c5c6c(n3c25)C(C)(C)c2ccccc2-6)Oc2ccccc2O4)c(-c2ccccc2)c1. The van der Waals surface area contributed by atoms with Gasteiger partial charge in [0.05, 0.1) is 11.4 Å². The summed E-state index contributed by atoms with van der Waals surface area (Å²) >= 11 is 0. The maximum absolute atomic E-state index is 7.01. The van der Waals surface area contributed by atoms with Gasteiger partial charge in [-0.15, -0.1) is 0 Å². The largest absolute Gasteiger partial charge is 0.450 e. The second-order valence-corrected chi connectivity index (χ2v) is 24.0. The van der Waals surface area contributed by atoms with Crippen LogP contribution in [0.3, 0.4) is 0 Å². The molecule has 2 aliphatic carbocycles. The van der Waals surface area contributed by atoms with E-state index in [0.29, 0.717) is 23.0 Å². The average molecular weight is 1010 g/mol. The average Bonchev–Trinajstić information content (AvgIpc) is 3.64. The fourth-order valence-electron chi connectivity index (χ4n) is 14.4. The van der Waals surface area contributed by atoms with E-state index in [1.165, 1.54) is 94.5 Å². The highest BCUT2D eigenvalue weighted by atomic mass is 16.6. The second kappa shape index (κ2) is 15.8. The molecule has 0 saturated carbocycles. The summed E-state index contributed by atoms with van der Waals surface area (Å²) < 4.78 is 16.8. The zero-order chi connectivity index (χ0) is 52.6. The highest BCUT2D eigenvalue weighted by Crippen LogP contribution is 2.62. The first-order valence-electron chi connectivity index (χ1n) is 27.5. The van der Waals surface area contributed by atoms with Crippen LogP contribution in [0.15, 0.2) is 212 Å². The van der Waals surface area contributed by atoms with E-state index in [2.05, 4.69) is 251 Å². The van der Waals surface area contributed by atoms with Crippen molar-refractivity contribution in [2.45, 2.75) is 64.7 Å². The maximum Gasteiger partial charge on any atom is 0.333 e. The lowest BCUT2D eigenvalue weighted by atomic mass is 9.44. The molecule has 0 saturated heterocycles. The zero-order valence-corrected chi connectivity index (χ0v) is 44.9. The van der Waals surface area contributed by atoms with Crippen LogP contribution in [0.5, 0.6) is 23.0 Å². The topological polar surface area (TPSA) is 29.9 Å². The number of hydrogen-bond acceptors (Lipinski definition) is 4. The molecule has 3 aliphatic heterocycles. The summed E-state index contributed by atoms with van der Waals surface area (Å²) in [6.45, 7) is 16.5. The first kappa shape index (κ1) is 45.2. The van der Waals surface area contributed by atoms with Crippen molar-refractivity contribution in [3.8, 4) is 67.5 Å². The molecule has 16 rings (SSSR count). The summed E-state index contributed by atoms with van der Waals surface area (Å²) in [6.07, 6.45) is 0. The van der Waals surface area contributed by atoms with Crippen LogP contribution in [0.25, 0.3) is 55.4 Å². The van der Waals surface area contributed by atoms with Crippen molar-refractivity contribution in [1.29, 1.82) is 0 Å². The van der Waals surface area contributed by atoms with E-state index >= 15 is 0 Å². The Hall–Kier alpha value is -9.00. The molecule has 0 bridgehead atoms. The fourth-order valence-corrected chi connectivity index (χ4v) is 14.4. The van der Waals surface area contributed by atoms with Gasteiger partial charge >= 0.3 is 6.85 Å². The van der Waals surface area contributed by atoms with Crippen molar-refractivity contribution in [3.05, 3.63) is 240 Å². The number of anilines is 6. The zero-order valence-electron chi connectivity index (χ0n) is 44.9. The van der Waals surface area contributed by atoms with Crippen LogP contribution in [0.1, 0.15) is 76.4 Å². The number of nitrogens with zero attached hydrogens (tertiary/aromatic N) is 3. The van der Waals surface area contributed by atoms with E-state index < -0.39 is 0 Å². The minimum Gasteiger partial charge on any atom is -0.450 e. The van der Waals surface area contributed by atoms with Gasteiger partial charge in [-0.05, 0) is 133 Å². The fraction of sp³-hybridized carbons (Fsp3) is 0.139. The Balaban J connectivity index is 1.10. The summed E-state index contributed by atoms with van der Waals surface area (Å²) in [5.41, 5.74) is 26.2. The van der Waals surface area contributed by atoms with E-state index in [1.54, 1.807) is 0 Å². The third-order valence-electron chi connectivity index (χ3n) is 17.9. The van der Waals surface area contributed by atoms with Gasteiger partial charge in [-0.25, -0.2) is 0 Å². The Morgan fingerprint density at radius 2 is 1.06 bits per heavy atom. The van der Waals surface area contributed by atoms with Crippen LogP contribution in [0.2, 0.25) is 0 Å². The summed E-state index contributed by atoms with van der Waals surface area (Å²) in [5, 5.41) is 1.25. The number of hydrogen-bond donors (Lipinski definition) is 0. The molecule has 4 heterocycles. The number of ether oxygens (including phenoxy) is 2.